The average Bonchev–Trinajstić information content (AvgIpc) is 3.39. The van der Waals surface area contributed by atoms with Gasteiger partial charge in [0.25, 0.3) is 0 Å². The molecule has 3 atom stereocenters. The third-order valence-electron chi connectivity index (χ3n) is 6.94. The van der Waals surface area contributed by atoms with Gasteiger partial charge in [-0.2, -0.15) is 0 Å². The Morgan fingerprint density at radius 1 is 0.921 bits per heavy atom. The molecule has 6 rings (SSSR count). The van der Waals surface area contributed by atoms with E-state index >= 15 is 0 Å². The summed E-state index contributed by atoms with van der Waals surface area (Å²) in [6.07, 6.45) is 0. The lowest BCUT2D eigenvalue weighted by Crippen LogP contribution is -2.32. The molecule has 1 saturated heterocycles. The number of aromatic nitrogens is 1. The number of rotatable bonds is 5. The van der Waals surface area contributed by atoms with E-state index < -0.39 is 17.1 Å². The van der Waals surface area contributed by atoms with Crippen molar-refractivity contribution in [1.29, 1.82) is 0 Å². The molecule has 38 heavy (non-hydrogen) atoms. The van der Waals surface area contributed by atoms with Crippen molar-refractivity contribution in [3.8, 4) is 5.75 Å². The van der Waals surface area contributed by atoms with Crippen LogP contribution in [0.25, 0.3) is 0 Å². The summed E-state index contributed by atoms with van der Waals surface area (Å²) in [5, 5.41) is -0.0156. The Bertz CT molecular complexity index is 1610. The Labute approximate surface area is 236 Å². The number of carbonyl (C=O) groups is 2. The minimum absolute atomic E-state index is 0.208. The number of thiazole rings is 1. The first kappa shape index (κ1) is 25.2. The highest BCUT2D eigenvalue weighted by molar-refractivity contribution is 9.10. The molecule has 2 aliphatic heterocycles. The quantitative estimate of drug-likeness (QED) is 0.274. The lowest BCUT2D eigenvalue weighted by molar-refractivity contribution is -0.122. The summed E-state index contributed by atoms with van der Waals surface area (Å²) in [7, 11) is 0. The zero-order valence-electron chi connectivity index (χ0n) is 20.6. The fourth-order valence-electron chi connectivity index (χ4n) is 5.04. The molecule has 3 heterocycles. The van der Waals surface area contributed by atoms with Crippen molar-refractivity contribution in [1.82, 2.24) is 4.98 Å². The normalized spacial score (nSPS) is 20.4. The van der Waals surface area contributed by atoms with E-state index in [2.05, 4.69) is 20.9 Å². The molecule has 4 aromatic rings. The van der Waals surface area contributed by atoms with Crippen LogP contribution in [0, 0.1) is 19.8 Å². The third-order valence-corrected chi connectivity index (χ3v) is 9.83. The number of amides is 2. The standard InChI is InChI=1S/C29H23BrN2O4S2/c1-15-3-7-17(8-4-15)14-36-21-12-9-18(30)13-20(21)22-23-25(37-26-24(22)38-29(35)31-26)28(34)32(27(23)33)19-10-5-16(2)6-11-19/h3-13,22-23,25H,14H2,1-2H3,(H,31,35)/t22-,23?,25?/m1/s1. The van der Waals surface area contributed by atoms with Gasteiger partial charge in [-0.05, 0) is 49.7 Å². The number of thioether (sulfide) groups is 1. The van der Waals surface area contributed by atoms with E-state index in [1.54, 1.807) is 12.1 Å². The number of aryl methyl sites for hydroxylation is 2. The summed E-state index contributed by atoms with van der Waals surface area (Å²) < 4.78 is 7.13. The second-order valence-electron chi connectivity index (χ2n) is 9.55. The smallest absolute Gasteiger partial charge is 0.305 e. The largest absolute Gasteiger partial charge is 0.489 e. The number of anilines is 1. The average molecular weight is 608 g/mol. The van der Waals surface area contributed by atoms with Crippen LogP contribution < -0.4 is 14.5 Å². The number of imide groups is 1. The van der Waals surface area contributed by atoms with Crippen LogP contribution in [0.3, 0.4) is 0 Å². The lowest BCUT2D eigenvalue weighted by atomic mass is 9.82. The third kappa shape index (κ3) is 4.42. The molecule has 2 unspecified atom stereocenters. The van der Waals surface area contributed by atoms with Gasteiger partial charge in [-0.25, -0.2) is 4.90 Å². The van der Waals surface area contributed by atoms with Crippen LogP contribution in [0.15, 0.2) is 81.0 Å². The Morgan fingerprint density at radius 2 is 1.61 bits per heavy atom. The highest BCUT2D eigenvalue weighted by atomic mass is 79.9. The van der Waals surface area contributed by atoms with Gasteiger partial charge in [0.1, 0.15) is 17.6 Å². The van der Waals surface area contributed by atoms with Gasteiger partial charge in [-0.3, -0.25) is 14.4 Å². The number of hydrogen-bond donors (Lipinski definition) is 1. The number of nitrogens with zero attached hydrogens (tertiary/aromatic N) is 1. The molecular formula is C29H23BrN2O4S2. The van der Waals surface area contributed by atoms with Gasteiger partial charge < -0.3 is 9.72 Å². The van der Waals surface area contributed by atoms with Crippen LogP contribution in [0.1, 0.15) is 33.0 Å². The molecule has 9 heteroatoms. The second kappa shape index (κ2) is 9.87. The molecular weight excluding hydrogens is 584 g/mol. The monoisotopic (exact) mass is 606 g/mol. The van der Waals surface area contributed by atoms with E-state index in [0.717, 1.165) is 37.4 Å². The zero-order valence-corrected chi connectivity index (χ0v) is 23.8. The minimum atomic E-state index is -0.677. The summed E-state index contributed by atoms with van der Waals surface area (Å²) >= 11 is 5.94. The van der Waals surface area contributed by atoms with Crippen LogP contribution in [0.2, 0.25) is 0 Å². The molecule has 1 fully saturated rings. The van der Waals surface area contributed by atoms with Crippen LogP contribution in [-0.2, 0) is 16.2 Å². The van der Waals surface area contributed by atoms with Crippen molar-refractivity contribution in [2.24, 2.45) is 5.92 Å². The number of benzene rings is 3. The molecule has 0 radical (unpaired) electrons. The maximum Gasteiger partial charge on any atom is 0.305 e. The molecule has 2 amide bonds. The number of nitrogens with one attached hydrogen (secondary N) is 1. The molecule has 1 N–H and O–H groups in total. The van der Waals surface area contributed by atoms with Gasteiger partial charge in [0, 0.05) is 20.8 Å². The van der Waals surface area contributed by atoms with Crippen LogP contribution >= 0.6 is 39.0 Å². The van der Waals surface area contributed by atoms with E-state index in [0.29, 0.717) is 23.1 Å². The molecule has 192 valence electrons. The number of hydrogen-bond acceptors (Lipinski definition) is 6. The van der Waals surface area contributed by atoms with Gasteiger partial charge in [0.15, 0.2) is 0 Å². The number of H-pyrrole nitrogens is 1. The second-order valence-corrected chi connectivity index (χ2v) is 12.6. The van der Waals surface area contributed by atoms with Crippen LogP contribution in [-0.4, -0.2) is 22.0 Å². The minimum Gasteiger partial charge on any atom is -0.489 e. The molecule has 1 aromatic heterocycles. The summed E-state index contributed by atoms with van der Waals surface area (Å²) in [4.78, 5) is 44.9. The Morgan fingerprint density at radius 3 is 2.32 bits per heavy atom. The summed E-state index contributed by atoms with van der Waals surface area (Å²) in [6, 6.07) is 21.2. The predicted octanol–water partition coefficient (Wildman–Crippen LogP) is 6.19. The van der Waals surface area contributed by atoms with Crippen LogP contribution in [0.5, 0.6) is 5.75 Å². The van der Waals surface area contributed by atoms with E-state index in [4.69, 9.17) is 4.74 Å². The van der Waals surface area contributed by atoms with E-state index in [1.165, 1.54) is 22.2 Å². The first-order chi connectivity index (χ1) is 18.3. The number of aromatic amines is 1. The summed E-state index contributed by atoms with van der Waals surface area (Å²) in [5.41, 5.74) is 4.56. The van der Waals surface area contributed by atoms with Gasteiger partial charge >= 0.3 is 4.87 Å². The van der Waals surface area contributed by atoms with Gasteiger partial charge in [-0.1, -0.05) is 86.6 Å². The maximum absolute atomic E-state index is 14.0. The molecule has 2 aliphatic rings. The fourth-order valence-corrected chi connectivity index (χ4v) is 7.92. The Kier molecular flexibility index (Phi) is 6.53. The molecule has 0 saturated carbocycles. The van der Waals surface area contributed by atoms with Crippen molar-refractivity contribution in [3.63, 3.8) is 0 Å². The topological polar surface area (TPSA) is 79.5 Å². The first-order valence-electron chi connectivity index (χ1n) is 12.1. The van der Waals surface area contributed by atoms with Gasteiger partial charge in [0.2, 0.25) is 11.8 Å². The first-order valence-corrected chi connectivity index (χ1v) is 14.6. The van der Waals surface area contributed by atoms with Crippen molar-refractivity contribution in [2.45, 2.75) is 36.6 Å². The molecule has 0 aliphatic carbocycles. The summed E-state index contributed by atoms with van der Waals surface area (Å²) in [5.74, 6) is -1.11. The Hall–Kier alpha value is -3.14. The van der Waals surface area contributed by atoms with Crippen molar-refractivity contribution in [2.75, 3.05) is 4.90 Å². The van der Waals surface area contributed by atoms with Crippen molar-refractivity contribution < 1.29 is 14.3 Å². The van der Waals surface area contributed by atoms with E-state index in [1.807, 2.05) is 68.4 Å². The number of halogens is 1. The predicted molar refractivity (Wildman–Crippen MR) is 153 cm³/mol. The molecule has 0 bridgehead atoms. The highest BCUT2D eigenvalue weighted by Crippen LogP contribution is 2.54. The number of ether oxygens (including phenoxy) is 1. The SMILES string of the molecule is Cc1ccc(COc2ccc(Br)cc2[C@H]2c3sc(=O)[nH]c3SC3C(=O)N(c4ccc(C)cc4)C(=O)C32)cc1. The summed E-state index contributed by atoms with van der Waals surface area (Å²) in [6.45, 7) is 4.35. The number of carbonyl (C=O) groups excluding carboxylic acids is 2. The lowest BCUT2D eigenvalue weighted by Gasteiger charge is -2.31. The Balaban J connectivity index is 1.44. The van der Waals surface area contributed by atoms with Crippen molar-refractivity contribution >= 4 is 56.5 Å². The van der Waals surface area contributed by atoms with Crippen LogP contribution in [0.4, 0.5) is 5.69 Å². The van der Waals surface area contributed by atoms with Crippen molar-refractivity contribution in [3.05, 3.63) is 108 Å². The van der Waals surface area contributed by atoms with E-state index in [-0.39, 0.29) is 16.7 Å². The fraction of sp³-hybridized carbons (Fsp3) is 0.207. The van der Waals surface area contributed by atoms with E-state index in [9.17, 15) is 14.4 Å². The maximum atomic E-state index is 14.0. The van der Waals surface area contributed by atoms with Gasteiger partial charge in [-0.15, -0.1) is 0 Å². The van der Waals surface area contributed by atoms with Gasteiger partial charge in [0.05, 0.1) is 16.6 Å². The molecule has 3 aromatic carbocycles. The molecule has 0 spiro atoms. The highest BCUT2D eigenvalue weighted by Gasteiger charge is 2.56. The molecule has 6 nitrogen and oxygen atoms in total. The number of fused-ring (bicyclic) bond motifs is 2. The zero-order chi connectivity index (χ0) is 26.6.